The van der Waals surface area contributed by atoms with Crippen LogP contribution in [0.1, 0.15) is 19.3 Å². The van der Waals surface area contributed by atoms with Crippen molar-refractivity contribution in [1.82, 2.24) is 4.31 Å². The first kappa shape index (κ1) is 10.3. The van der Waals surface area contributed by atoms with Gasteiger partial charge in [-0.1, -0.05) is 18.0 Å². The molecular weight excluding hydrogens is 214 g/mol. The summed E-state index contributed by atoms with van der Waals surface area (Å²) in [5.41, 5.74) is 0. The smallest absolute Gasteiger partial charge is 0.0406 e. The zero-order chi connectivity index (χ0) is 9.80. The molecule has 2 rings (SSSR count). The molecule has 1 saturated heterocycles. The predicted octanol–water partition coefficient (Wildman–Crippen LogP) is 3.83. The van der Waals surface area contributed by atoms with Crippen LogP contribution in [0.25, 0.3) is 0 Å². The van der Waals surface area contributed by atoms with Crippen LogP contribution in [0.2, 0.25) is 5.02 Å². The molecule has 0 unspecified atom stereocenters. The summed E-state index contributed by atoms with van der Waals surface area (Å²) >= 11 is 7.68. The van der Waals surface area contributed by atoms with Gasteiger partial charge in [0.25, 0.3) is 0 Å². The summed E-state index contributed by atoms with van der Waals surface area (Å²) in [5, 5.41) is 0.813. The second-order valence-electron chi connectivity index (χ2n) is 3.53. The molecule has 1 aliphatic heterocycles. The minimum atomic E-state index is 0.813. The van der Waals surface area contributed by atoms with E-state index in [0.29, 0.717) is 0 Å². The Morgan fingerprint density at radius 2 is 1.64 bits per heavy atom. The van der Waals surface area contributed by atoms with E-state index >= 15 is 0 Å². The molecule has 0 amide bonds. The van der Waals surface area contributed by atoms with Crippen LogP contribution in [0.15, 0.2) is 29.2 Å². The molecule has 1 fully saturated rings. The van der Waals surface area contributed by atoms with E-state index in [0.717, 1.165) is 5.02 Å². The van der Waals surface area contributed by atoms with Crippen LogP contribution >= 0.6 is 23.5 Å². The molecule has 0 spiro atoms. The minimum absolute atomic E-state index is 0.813. The number of nitrogens with zero attached hydrogens (tertiary/aromatic N) is 1. The third-order valence-corrected chi connectivity index (χ3v) is 3.72. The lowest BCUT2D eigenvalue weighted by atomic mass is 10.2. The van der Waals surface area contributed by atoms with Gasteiger partial charge in [0, 0.05) is 23.0 Å². The molecule has 0 aromatic heterocycles. The molecule has 1 aromatic rings. The van der Waals surface area contributed by atoms with Crippen LogP contribution in [0.4, 0.5) is 0 Å². The van der Waals surface area contributed by atoms with E-state index in [9.17, 15) is 0 Å². The number of halogens is 1. The Hall–Kier alpha value is -0.180. The summed E-state index contributed by atoms with van der Waals surface area (Å²) in [4.78, 5) is 1.29. The van der Waals surface area contributed by atoms with E-state index in [2.05, 4.69) is 16.4 Å². The fourth-order valence-electron chi connectivity index (χ4n) is 1.60. The molecule has 0 N–H and O–H groups in total. The molecule has 0 aliphatic carbocycles. The lowest BCUT2D eigenvalue weighted by Crippen LogP contribution is -2.22. The maximum Gasteiger partial charge on any atom is 0.0406 e. The minimum Gasteiger partial charge on any atom is -0.246 e. The van der Waals surface area contributed by atoms with Gasteiger partial charge in [-0.05, 0) is 49.1 Å². The third-order valence-electron chi connectivity index (χ3n) is 2.36. The number of hydrogen-bond donors (Lipinski definition) is 0. The van der Waals surface area contributed by atoms with Crippen molar-refractivity contribution in [2.75, 3.05) is 13.1 Å². The van der Waals surface area contributed by atoms with E-state index in [1.807, 2.05) is 24.1 Å². The van der Waals surface area contributed by atoms with E-state index in [1.165, 1.54) is 37.2 Å². The lowest BCUT2D eigenvalue weighted by molar-refractivity contribution is 0.380. The molecule has 1 heterocycles. The maximum absolute atomic E-state index is 5.83. The van der Waals surface area contributed by atoms with Crippen LogP contribution in [0, 0.1) is 0 Å². The van der Waals surface area contributed by atoms with Gasteiger partial charge in [0.05, 0.1) is 0 Å². The molecule has 0 radical (unpaired) electrons. The normalized spacial score (nSPS) is 18.4. The van der Waals surface area contributed by atoms with E-state index < -0.39 is 0 Å². The van der Waals surface area contributed by atoms with Gasteiger partial charge in [-0.2, -0.15) is 0 Å². The largest absolute Gasteiger partial charge is 0.246 e. The number of piperidine rings is 1. The zero-order valence-electron chi connectivity index (χ0n) is 8.08. The van der Waals surface area contributed by atoms with Crippen LogP contribution in [0.3, 0.4) is 0 Å². The van der Waals surface area contributed by atoms with Gasteiger partial charge in [0.15, 0.2) is 0 Å². The highest BCUT2D eigenvalue weighted by molar-refractivity contribution is 7.97. The van der Waals surface area contributed by atoms with Gasteiger partial charge < -0.3 is 0 Å². The summed E-state index contributed by atoms with van der Waals surface area (Å²) in [6, 6.07) is 8.07. The van der Waals surface area contributed by atoms with Gasteiger partial charge in [0.2, 0.25) is 0 Å². The lowest BCUT2D eigenvalue weighted by Gasteiger charge is -2.24. The van der Waals surface area contributed by atoms with Crippen LogP contribution in [-0.4, -0.2) is 17.4 Å². The summed E-state index contributed by atoms with van der Waals surface area (Å²) in [6.45, 7) is 2.43. The van der Waals surface area contributed by atoms with E-state index in [4.69, 9.17) is 11.6 Å². The number of rotatable bonds is 2. The van der Waals surface area contributed by atoms with Crippen molar-refractivity contribution >= 4 is 23.5 Å². The maximum atomic E-state index is 5.83. The first-order valence-electron chi connectivity index (χ1n) is 5.03. The molecule has 1 nitrogen and oxygen atoms in total. The highest BCUT2D eigenvalue weighted by Crippen LogP contribution is 2.26. The van der Waals surface area contributed by atoms with Gasteiger partial charge in [-0.3, -0.25) is 0 Å². The molecule has 0 saturated carbocycles. The Morgan fingerprint density at radius 3 is 2.29 bits per heavy atom. The van der Waals surface area contributed by atoms with Crippen molar-refractivity contribution < 1.29 is 0 Å². The first-order valence-corrected chi connectivity index (χ1v) is 6.18. The van der Waals surface area contributed by atoms with Crippen molar-refractivity contribution in [3.63, 3.8) is 0 Å². The molecule has 1 aromatic carbocycles. The quantitative estimate of drug-likeness (QED) is 0.707. The van der Waals surface area contributed by atoms with Crippen molar-refractivity contribution in [3.8, 4) is 0 Å². The predicted molar refractivity (Wildman–Crippen MR) is 62.7 cm³/mol. The van der Waals surface area contributed by atoms with Crippen molar-refractivity contribution in [1.29, 1.82) is 0 Å². The average Bonchev–Trinajstić information content (AvgIpc) is 2.23. The molecule has 0 bridgehead atoms. The Kier molecular flexibility index (Phi) is 3.74. The summed E-state index contributed by atoms with van der Waals surface area (Å²) in [6.07, 6.45) is 4.05. The SMILES string of the molecule is Clc1ccc(SN2CCCCC2)cc1. The summed E-state index contributed by atoms with van der Waals surface area (Å²) < 4.78 is 2.44. The van der Waals surface area contributed by atoms with Crippen molar-refractivity contribution in [2.45, 2.75) is 24.2 Å². The van der Waals surface area contributed by atoms with E-state index in [-0.39, 0.29) is 0 Å². The standard InChI is InChI=1S/C11H14ClNS/c12-10-4-6-11(7-5-10)14-13-8-2-1-3-9-13/h4-7H,1-3,8-9H2. The Morgan fingerprint density at radius 1 is 1.00 bits per heavy atom. The van der Waals surface area contributed by atoms with Gasteiger partial charge >= 0.3 is 0 Å². The van der Waals surface area contributed by atoms with Crippen LogP contribution in [0.5, 0.6) is 0 Å². The van der Waals surface area contributed by atoms with Crippen molar-refractivity contribution in [2.24, 2.45) is 0 Å². The molecular formula is C11H14ClNS. The molecule has 1 aliphatic rings. The van der Waals surface area contributed by atoms with Crippen LogP contribution in [-0.2, 0) is 0 Å². The fourth-order valence-corrected chi connectivity index (χ4v) is 2.72. The topological polar surface area (TPSA) is 3.24 Å². The monoisotopic (exact) mass is 227 g/mol. The summed E-state index contributed by atoms with van der Waals surface area (Å²) in [7, 11) is 0. The van der Waals surface area contributed by atoms with Crippen molar-refractivity contribution in [3.05, 3.63) is 29.3 Å². The third kappa shape index (κ3) is 2.91. The van der Waals surface area contributed by atoms with Gasteiger partial charge in [-0.25, -0.2) is 4.31 Å². The Balaban J connectivity index is 1.92. The average molecular weight is 228 g/mol. The zero-order valence-corrected chi connectivity index (χ0v) is 9.65. The fraction of sp³-hybridized carbons (Fsp3) is 0.455. The van der Waals surface area contributed by atoms with Crippen LogP contribution < -0.4 is 0 Å². The van der Waals surface area contributed by atoms with Gasteiger partial charge in [-0.15, -0.1) is 0 Å². The van der Waals surface area contributed by atoms with Gasteiger partial charge in [0.1, 0.15) is 0 Å². The second-order valence-corrected chi connectivity index (χ2v) is 5.14. The molecule has 3 heteroatoms. The Labute approximate surface area is 94.6 Å². The summed E-state index contributed by atoms with van der Waals surface area (Å²) in [5.74, 6) is 0. The number of benzene rings is 1. The Bertz CT molecular complexity index is 280. The highest BCUT2D eigenvalue weighted by atomic mass is 35.5. The molecule has 0 atom stereocenters. The highest BCUT2D eigenvalue weighted by Gasteiger charge is 2.10. The molecule has 76 valence electrons. The number of hydrogen-bond acceptors (Lipinski definition) is 2. The second kappa shape index (κ2) is 5.06. The first-order chi connectivity index (χ1) is 6.84. The molecule has 14 heavy (non-hydrogen) atoms. The van der Waals surface area contributed by atoms with E-state index in [1.54, 1.807) is 0 Å².